The van der Waals surface area contributed by atoms with Crippen molar-refractivity contribution in [1.29, 1.82) is 0 Å². The van der Waals surface area contributed by atoms with Crippen LogP contribution >= 0.6 is 0 Å². The van der Waals surface area contributed by atoms with Gasteiger partial charge in [0.05, 0.1) is 6.61 Å². The topological polar surface area (TPSA) is 87.1 Å². The molecule has 0 bridgehead atoms. The molecule has 0 spiro atoms. The molecule has 0 aliphatic heterocycles. The summed E-state index contributed by atoms with van der Waals surface area (Å²) in [6.07, 6.45) is -4.21. The first-order valence-corrected chi connectivity index (χ1v) is 8.63. The van der Waals surface area contributed by atoms with Crippen molar-refractivity contribution in [2.45, 2.75) is 46.2 Å². The number of benzene rings is 1. The molecule has 2 heterocycles. The van der Waals surface area contributed by atoms with E-state index in [4.69, 9.17) is 9.26 Å². The van der Waals surface area contributed by atoms with Crippen LogP contribution in [0.25, 0.3) is 11.4 Å². The minimum atomic E-state index is -4.68. The molecular formula is C18H19F3N4O3. The first kappa shape index (κ1) is 19.8. The molecule has 0 fully saturated rings. The maximum atomic E-state index is 12.6. The zero-order valence-electron chi connectivity index (χ0n) is 15.8. The van der Waals surface area contributed by atoms with Gasteiger partial charge < -0.3 is 13.8 Å². The number of halogens is 3. The summed E-state index contributed by atoms with van der Waals surface area (Å²) in [4.78, 5) is 7.70. The number of nitrogens with zero attached hydrogens (tertiary/aromatic N) is 4. The first-order valence-electron chi connectivity index (χ1n) is 8.63. The molecule has 28 heavy (non-hydrogen) atoms. The summed E-state index contributed by atoms with van der Waals surface area (Å²) < 4.78 is 53.2. The number of hydrogen-bond donors (Lipinski definition) is 0. The van der Waals surface area contributed by atoms with Crippen LogP contribution < -0.4 is 4.74 Å². The van der Waals surface area contributed by atoms with E-state index in [1.165, 1.54) is 0 Å². The lowest BCUT2D eigenvalue weighted by molar-refractivity contribution is -0.159. The number of aryl methyl sites for hydroxylation is 2. The molecule has 0 unspecified atom stereocenters. The van der Waals surface area contributed by atoms with Crippen molar-refractivity contribution in [2.24, 2.45) is 0 Å². The number of alkyl halides is 3. The van der Waals surface area contributed by atoms with Gasteiger partial charge in [0.15, 0.2) is 5.82 Å². The Morgan fingerprint density at radius 1 is 1.04 bits per heavy atom. The van der Waals surface area contributed by atoms with E-state index in [1.54, 1.807) is 26.0 Å². The maximum absolute atomic E-state index is 12.6. The molecule has 0 saturated carbocycles. The fourth-order valence-electron chi connectivity index (χ4n) is 2.61. The van der Waals surface area contributed by atoms with Gasteiger partial charge in [-0.2, -0.15) is 23.1 Å². The predicted molar refractivity (Wildman–Crippen MR) is 91.8 cm³/mol. The van der Waals surface area contributed by atoms with Gasteiger partial charge in [0.1, 0.15) is 5.75 Å². The molecule has 7 nitrogen and oxygen atoms in total. The summed E-state index contributed by atoms with van der Waals surface area (Å²) in [7, 11) is 0. The van der Waals surface area contributed by atoms with Crippen LogP contribution in [0.15, 0.2) is 21.2 Å². The van der Waals surface area contributed by atoms with Crippen molar-refractivity contribution in [2.75, 3.05) is 6.61 Å². The van der Waals surface area contributed by atoms with E-state index in [0.29, 0.717) is 36.1 Å². The van der Waals surface area contributed by atoms with Gasteiger partial charge in [-0.1, -0.05) is 24.2 Å². The van der Waals surface area contributed by atoms with Gasteiger partial charge in [-0.3, -0.25) is 0 Å². The molecule has 0 radical (unpaired) electrons. The third-order valence-electron chi connectivity index (χ3n) is 3.94. The van der Waals surface area contributed by atoms with Crippen molar-refractivity contribution < 1.29 is 27.0 Å². The zero-order chi connectivity index (χ0) is 20.5. The maximum Gasteiger partial charge on any atom is 0.471 e. The minimum absolute atomic E-state index is 0.127. The van der Waals surface area contributed by atoms with Crippen LogP contribution in [-0.2, 0) is 12.6 Å². The Morgan fingerprint density at radius 3 is 2.25 bits per heavy atom. The van der Waals surface area contributed by atoms with Crippen LogP contribution in [-0.4, -0.2) is 26.9 Å². The van der Waals surface area contributed by atoms with Gasteiger partial charge in [0.2, 0.25) is 11.7 Å². The van der Waals surface area contributed by atoms with Crippen molar-refractivity contribution in [3.63, 3.8) is 0 Å². The Labute approximate surface area is 158 Å². The van der Waals surface area contributed by atoms with Crippen LogP contribution in [0.2, 0.25) is 0 Å². The summed E-state index contributed by atoms with van der Waals surface area (Å²) in [5.74, 6) is 0.419. The first-order chi connectivity index (χ1) is 13.1. The predicted octanol–water partition coefficient (Wildman–Crippen LogP) is 4.50. The van der Waals surface area contributed by atoms with E-state index in [2.05, 4.69) is 24.8 Å². The zero-order valence-corrected chi connectivity index (χ0v) is 15.8. The highest BCUT2D eigenvalue weighted by molar-refractivity contribution is 5.61. The van der Waals surface area contributed by atoms with Gasteiger partial charge in [-0.25, -0.2) is 0 Å². The molecular weight excluding hydrogens is 377 g/mol. The SMILES string of the molecule is Cc1cc(-c2noc(C(F)(F)F)n2)cc(C)c1OCCc1noc(C(C)C)n1. The van der Waals surface area contributed by atoms with Crippen molar-refractivity contribution >= 4 is 0 Å². The molecule has 150 valence electrons. The second-order valence-electron chi connectivity index (χ2n) is 6.66. The Bertz CT molecular complexity index is 940. The lowest BCUT2D eigenvalue weighted by atomic mass is 10.1. The van der Waals surface area contributed by atoms with Crippen LogP contribution in [0.5, 0.6) is 5.75 Å². The molecule has 2 aromatic heterocycles. The highest BCUT2D eigenvalue weighted by Gasteiger charge is 2.38. The fourth-order valence-corrected chi connectivity index (χ4v) is 2.61. The van der Waals surface area contributed by atoms with Gasteiger partial charge >= 0.3 is 12.1 Å². The molecule has 0 N–H and O–H groups in total. The summed E-state index contributed by atoms with van der Waals surface area (Å²) in [6, 6.07) is 3.30. The fraction of sp³-hybridized carbons (Fsp3) is 0.444. The van der Waals surface area contributed by atoms with Crippen molar-refractivity contribution in [1.82, 2.24) is 20.3 Å². The van der Waals surface area contributed by atoms with E-state index in [9.17, 15) is 13.2 Å². The third-order valence-corrected chi connectivity index (χ3v) is 3.94. The minimum Gasteiger partial charge on any atom is -0.493 e. The van der Waals surface area contributed by atoms with Gasteiger partial charge in [0, 0.05) is 17.9 Å². The Balaban J connectivity index is 1.70. The molecule has 0 amide bonds. The molecule has 3 aromatic rings. The van der Waals surface area contributed by atoms with E-state index < -0.39 is 12.1 Å². The lowest BCUT2D eigenvalue weighted by Gasteiger charge is -2.12. The van der Waals surface area contributed by atoms with Crippen LogP contribution in [0.3, 0.4) is 0 Å². The quantitative estimate of drug-likeness (QED) is 0.606. The van der Waals surface area contributed by atoms with Crippen LogP contribution in [0.1, 0.15) is 48.5 Å². The molecule has 3 rings (SSSR count). The van der Waals surface area contributed by atoms with Gasteiger partial charge in [0.25, 0.3) is 0 Å². The molecule has 0 saturated heterocycles. The summed E-state index contributed by atoms with van der Waals surface area (Å²) >= 11 is 0. The number of rotatable bonds is 6. The summed E-state index contributed by atoms with van der Waals surface area (Å²) in [6.45, 7) is 7.84. The highest BCUT2D eigenvalue weighted by Crippen LogP contribution is 2.32. The van der Waals surface area contributed by atoms with Crippen LogP contribution in [0, 0.1) is 13.8 Å². The average molecular weight is 396 g/mol. The van der Waals surface area contributed by atoms with E-state index in [-0.39, 0.29) is 11.7 Å². The lowest BCUT2D eigenvalue weighted by Crippen LogP contribution is -2.06. The molecule has 0 atom stereocenters. The molecule has 10 heteroatoms. The second kappa shape index (κ2) is 7.61. The Morgan fingerprint density at radius 2 is 1.71 bits per heavy atom. The monoisotopic (exact) mass is 396 g/mol. The Kier molecular flexibility index (Phi) is 5.39. The average Bonchev–Trinajstić information content (AvgIpc) is 3.26. The summed E-state index contributed by atoms with van der Waals surface area (Å²) in [5, 5.41) is 7.31. The molecule has 0 aliphatic carbocycles. The second-order valence-corrected chi connectivity index (χ2v) is 6.66. The number of aromatic nitrogens is 4. The van der Waals surface area contributed by atoms with Gasteiger partial charge in [-0.05, 0) is 37.1 Å². The molecule has 0 aliphatic rings. The van der Waals surface area contributed by atoms with Gasteiger partial charge in [-0.15, -0.1) is 0 Å². The van der Waals surface area contributed by atoms with Crippen molar-refractivity contribution in [3.8, 4) is 17.1 Å². The highest BCUT2D eigenvalue weighted by atomic mass is 19.4. The smallest absolute Gasteiger partial charge is 0.471 e. The number of hydrogen-bond acceptors (Lipinski definition) is 7. The van der Waals surface area contributed by atoms with Crippen LogP contribution in [0.4, 0.5) is 13.2 Å². The van der Waals surface area contributed by atoms with E-state index in [0.717, 1.165) is 11.1 Å². The Hall–Kier alpha value is -2.91. The summed E-state index contributed by atoms with van der Waals surface area (Å²) in [5.41, 5.74) is 1.90. The van der Waals surface area contributed by atoms with E-state index >= 15 is 0 Å². The van der Waals surface area contributed by atoms with Crippen molar-refractivity contribution in [3.05, 3.63) is 40.9 Å². The number of ether oxygens (including phenoxy) is 1. The normalized spacial score (nSPS) is 12.0. The van der Waals surface area contributed by atoms with E-state index in [1.807, 2.05) is 13.8 Å². The third kappa shape index (κ3) is 4.32. The standard InChI is InChI=1S/C18H19F3N4O3/c1-9(2)16-22-13(24-27-16)5-6-26-14-10(3)7-12(8-11(14)4)15-23-17(28-25-15)18(19,20)21/h7-9H,5-6H2,1-4H3. The molecule has 1 aromatic carbocycles. The largest absolute Gasteiger partial charge is 0.493 e.